The molecule has 34 heavy (non-hydrogen) atoms. The lowest BCUT2D eigenvalue weighted by Gasteiger charge is -2.22. The summed E-state index contributed by atoms with van der Waals surface area (Å²) in [5, 5.41) is 14.9. The van der Waals surface area contributed by atoms with E-state index in [1.54, 1.807) is 32.9 Å². The number of hydrogen-bond acceptors (Lipinski definition) is 6. The molecule has 0 saturated carbocycles. The van der Waals surface area contributed by atoms with Crippen LogP contribution in [-0.4, -0.2) is 56.4 Å². The Hall–Kier alpha value is -2.21. The van der Waals surface area contributed by atoms with Crippen molar-refractivity contribution in [2.45, 2.75) is 63.7 Å². The Bertz CT molecular complexity index is 979. The Labute approximate surface area is 205 Å². The van der Waals surface area contributed by atoms with E-state index in [0.717, 1.165) is 18.2 Å². The van der Waals surface area contributed by atoms with Crippen LogP contribution in [-0.2, 0) is 19.6 Å². The summed E-state index contributed by atoms with van der Waals surface area (Å²) in [6.07, 6.45) is 1.44. The van der Waals surface area contributed by atoms with Gasteiger partial charge < -0.3 is 20.5 Å². The largest absolute Gasteiger partial charge is 0.444 e. The van der Waals surface area contributed by atoms with E-state index in [1.807, 2.05) is 13.8 Å². The minimum Gasteiger partial charge on any atom is -0.444 e. The van der Waals surface area contributed by atoms with Crippen LogP contribution in [0.3, 0.4) is 0 Å². The lowest BCUT2D eigenvalue weighted by Crippen LogP contribution is -2.47. The second kappa shape index (κ2) is 13.0. The zero-order chi connectivity index (χ0) is 26.1. The van der Waals surface area contributed by atoms with Crippen molar-refractivity contribution in [2.24, 2.45) is 5.92 Å². The smallest absolute Gasteiger partial charge is 0.408 e. The molecule has 9 nitrogen and oxygen atoms in total. The lowest BCUT2D eigenvalue weighted by atomic mass is 10.1. The molecule has 0 aromatic heterocycles. The first kappa shape index (κ1) is 29.8. The molecule has 0 heterocycles. The number of amides is 2. The third-order valence-electron chi connectivity index (χ3n) is 4.11. The molecule has 1 aromatic carbocycles. The number of allylic oxidation sites excluding steroid dienone is 1. The minimum atomic E-state index is -4.07. The molecule has 0 spiro atoms. The van der Waals surface area contributed by atoms with Crippen LogP contribution in [0.25, 0.3) is 0 Å². The van der Waals surface area contributed by atoms with Gasteiger partial charge in [-0.3, -0.25) is 4.79 Å². The van der Waals surface area contributed by atoms with Crippen LogP contribution in [0.2, 0.25) is 5.02 Å². The summed E-state index contributed by atoms with van der Waals surface area (Å²) in [4.78, 5) is 24.3. The maximum Gasteiger partial charge on any atom is 0.408 e. The van der Waals surface area contributed by atoms with E-state index in [2.05, 4.69) is 15.4 Å². The Balaban J connectivity index is 2.61. The summed E-state index contributed by atoms with van der Waals surface area (Å²) in [6, 6.07) is 1.86. The van der Waals surface area contributed by atoms with E-state index in [9.17, 15) is 27.5 Å². The molecule has 0 aliphatic heterocycles. The number of aliphatic hydroxyl groups is 1. The van der Waals surface area contributed by atoms with Gasteiger partial charge in [0.05, 0.1) is 11.1 Å². The number of sulfonamides is 1. The van der Waals surface area contributed by atoms with Crippen LogP contribution in [0, 0.1) is 11.7 Å². The van der Waals surface area contributed by atoms with Crippen LogP contribution in [0.15, 0.2) is 35.2 Å². The first-order valence-corrected chi connectivity index (χ1v) is 12.5. The number of nitrogens with one attached hydrogen (secondary N) is 3. The topological polar surface area (TPSA) is 134 Å². The van der Waals surface area contributed by atoms with E-state index in [-0.39, 0.29) is 35.3 Å². The fourth-order valence-corrected chi connectivity index (χ4v) is 4.12. The maximum absolute atomic E-state index is 13.1. The molecule has 0 radical (unpaired) electrons. The molecule has 2 amide bonds. The van der Waals surface area contributed by atoms with Crippen LogP contribution < -0.4 is 15.4 Å². The molecule has 0 aliphatic rings. The maximum atomic E-state index is 13.1. The van der Waals surface area contributed by atoms with Crippen LogP contribution in [0.4, 0.5) is 9.18 Å². The summed E-state index contributed by atoms with van der Waals surface area (Å²) in [5.41, 5.74) is -0.734. The number of carbonyl (C=O) groups is 2. The molecule has 4 N–H and O–H groups in total. The normalized spacial score (nSPS) is 14.1. The molecular formula is C22H33ClFN3O6S. The van der Waals surface area contributed by atoms with Gasteiger partial charge in [-0.15, -0.1) is 0 Å². The van der Waals surface area contributed by atoms with Crippen LogP contribution in [0.5, 0.6) is 0 Å². The summed E-state index contributed by atoms with van der Waals surface area (Å²) in [5.74, 6) is -1.06. The SMILES string of the molecule is CC(C)/C=C/[C@H](NC(=O)OC(C)(C)C)C(=O)NCC[C@H](O)CNS(=O)(=O)c1ccc(F)cc1Cl. The highest BCUT2D eigenvalue weighted by atomic mass is 35.5. The highest BCUT2D eigenvalue weighted by Crippen LogP contribution is 2.21. The van der Waals surface area contributed by atoms with E-state index in [0.29, 0.717) is 0 Å². The number of halogens is 2. The zero-order valence-corrected chi connectivity index (χ0v) is 21.5. The molecule has 0 saturated heterocycles. The zero-order valence-electron chi connectivity index (χ0n) is 19.9. The fraction of sp³-hybridized carbons (Fsp3) is 0.545. The Morgan fingerprint density at radius 2 is 1.88 bits per heavy atom. The Morgan fingerprint density at radius 1 is 1.24 bits per heavy atom. The predicted octanol–water partition coefficient (Wildman–Crippen LogP) is 2.73. The number of ether oxygens (including phenoxy) is 1. The highest BCUT2D eigenvalue weighted by Gasteiger charge is 2.23. The van der Waals surface area contributed by atoms with Crippen molar-refractivity contribution in [3.63, 3.8) is 0 Å². The molecule has 0 fully saturated rings. The van der Waals surface area contributed by atoms with Gasteiger partial charge in [0.1, 0.15) is 22.4 Å². The van der Waals surface area contributed by atoms with E-state index >= 15 is 0 Å². The van der Waals surface area contributed by atoms with Crippen LogP contribution in [0.1, 0.15) is 41.0 Å². The molecule has 1 rings (SSSR count). The summed E-state index contributed by atoms with van der Waals surface area (Å²) in [7, 11) is -4.07. The van der Waals surface area contributed by atoms with Crippen molar-refractivity contribution in [1.29, 1.82) is 0 Å². The van der Waals surface area contributed by atoms with Crippen molar-refractivity contribution >= 4 is 33.6 Å². The standard InChI is InChI=1S/C22H33ClFN3O6S/c1-14(2)6-8-18(27-21(30)33-22(3,4)5)20(29)25-11-10-16(28)13-26-34(31,32)19-9-7-15(24)12-17(19)23/h6-9,12,14,16,18,26,28H,10-11,13H2,1-5H3,(H,25,29)(H,27,30)/b8-6+/t16-,18-/m0/s1. The summed E-state index contributed by atoms with van der Waals surface area (Å²) in [6.45, 7) is 8.59. The monoisotopic (exact) mass is 521 g/mol. The fourth-order valence-electron chi connectivity index (χ4n) is 2.52. The third-order valence-corrected chi connectivity index (χ3v) is 6.02. The number of aliphatic hydroxyl groups excluding tert-OH is 1. The Morgan fingerprint density at radius 3 is 2.44 bits per heavy atom. The highest BCUT2D eigenvalue weighted by molar-refractivity contribution is 7.89. The first-order chi connectivity index (χ1) is 15.6. The van der Waals surface area contributed by atoms with E-state index < -0.39 is 45.6 Å². The number of alkyl carbamates (subject to hydrolysis) is 1. The molecule has 0 bridgehead atoms. The summed E-state index contributed by atoms with van der Waals surface area (Å²) < 4.78 is 45.1. The average molecular weight is 522 g/mol. The van der Waals surface area contributed by atoms with Gasteiger partial charge in [-0.25, -0.2) is 22.3 Å². The van der Waals surface area contributed by atoms with Gasteiger partial charge in [0.2, 0.25) is 15.9 Å². The van der Waals surface area contributed by atoms with Gasteiger partial charge in [0.25, 0.3) is 0 Å². The van der Waals surface area contributed by atoms with Crippen molar-refractivity contribution < 1.29 is 32.2 Å². The van der Waals surface area contributed by atoms with Crippen molar-refractivity contribution in [3.05, 3.63) is 41.2 Å². The molecule has 0 aliphatic carbocycles. The van der Waals surface area contributed by atoms with E-state index in [4.69, 9.17) is 16.3 Å². The minimum absolute atomic E-state index is 0.0149. The molecular weight excluding hydrogens is 489 g/mol. The van der Waals surface area contributed by atoms with Crippen molar-refractivity contribution in [1.82, 2.24) is 15.4 Å². The molecule has 0 unspecified atom stereocenters. The van der Waals surface area contributed by atoms with Crippen molar-refractivity contribution in [2.75, 3.05) is 13.1 Å². The predicted molar refractivity (Wildman–Crippen MR) is 127 cm³/mol. The molecule has 12 heteroatoms. The quantitative estimate of drug-likeness (QED) is 0.331. The first-order valence-electron chi connectivity index (χ1n) is 10.7. The molecule has 1 aromatic rings. The molecule has 192 valence electrons. The Kier molecular flexibility index (Phi) is 11.4. The van der Waals surface area contributed by atoms with Gasteiger partial charge >= 0.3 is 6.09 Å². The van der Waals surface area contributed by atoms with Gasteiger partial charge in [-0.2, -0.15) is 0 Å². The summed E-state index contributed by atoms with van der Waals surface area (Å²) >= 11 is 5.78. The lowest BCUT2D eigenvalue weighted by molar-refractivity contribution is -0.122. The van der Waals surface area contributed by atoms with Gasteiger partial charge in [-0.1, -0.05) is 37.6 Å². The van der Waals surface area contributed by atoms with Gasteiger partial charge in [0.15, 0.2) is 0 Å². The molecule has 2 atom stereocenters. The van der Waals surface area contributed by atoms with Gasteiger partial charge in [0, 0.05) is 13.1 Å². The third kappa shape index (κ3) is 11.3. The number of benzene rings is 1. The second-order valence-electron chi connectivity index (χ2n) is 8.91. The number of hydrogen-bond donors (Lipinski definition) is 4. The second-order valence-corrected chi connectivity index (χ2v) is 11.1. The average Bonchev–Trinajstić information content (AvgIpc) is 2.67. The van der Waals surface area contributed by atoms with Gasteiger partial charge in [-0.05, 0) is 51.3 Å². The van der Waals surface area contributed by atoms with Crippen LogP contribution >= 0.6 is 11.6 Å². The van der Waals surface area contributed by atoms with Crippen molar-refractivity contribution in [3.8, 4) is 0 Å². The number of rotatable bonds is 11. The van der Waals surface area contributed by atoms with E-state index in [1.165, 1.54) is 0 Å². The number of carbonyl (C=O) groups excluding carboxylic acids is 2.